The van der Waals surface area contributed by atoms with E-state index in [0.29, 0.717) is 30.9 Å². The molecule has 0 radical (unpaired) electrons. The van der Waals surface area contributed by atoms with Gasteiger partial charge in [-0.1, -0.05) is 11.2 Å². The third kappa shape index (κ3) is 3.04. The van der Waals surface area contributed by atoms with Gasteiger partial charge in [-0.25, -0.2) is 9.37 Å². The predicted octanol–water partition coefficient (Wildman–Crippen LogP) is 4.35. The number of pyridine rings is 1. The highest BCUT2D eigenvalue weighted by molar-refractivity contribution is 5.69. The molecule has 2 aromatic rings. The zero-order valence-electron chi connectivity index (χ0n) is 13.6. The first-order chi connectivity index (χ1) is 12.3. The predicted molar refractivity (Wildman–Crippen MR) is 89.7 cm³/mol. The van der Waals surface area contributed by atoms with Gasteiger partial charge < -0.3 is 9.47 Å². The maximum absolute atomic E-state index is 14.2. The van der Waals surface area contributed by atoms with E-state index in [2.05, 4.69) is 15.0 Å². The molecule has 128 valence electrons. The minimum Gasteiger partial charge on any atom is -0.472 e. The molecular formula is C18H17FN4O2. The molecule has 0 bridgehead atoms. The third-order valence-electron chi connectivity index (χ3n) is 4.72. The van der Waals surface area contributed by atoms with Gasteiger partial charge in [0, 0.05) is 34.7 Å². The van der Waals surface area contributed by atoms with Crippen molar-refractivity contribution in [1.29, 1.82) is 0 Å². The summed E-state index contributed by atoms with van der Waals surface area (Å²) in [7, 11) is 0. The molecule has 6 nitrogen and oxygen atoms in total. The first-order valence-electron chi connectivity index (χ1n) is 8.32. The minimum atomic E-state index is -0.433. The Labute approximate surface area is 144 Å². The molecule has 2 aliphatic rings. The van der Waals surface area contributed by atoms with Gasteiger partial charge in [-0.15, -0.1) is 0 Å². The molecule has 2 atom stereocenters. The molecule has 1 saturated heterocycles. The highest BCUT2D eigenvalue weighted by Crippen LogP contribution is 2.41. The van der Waals surface area contributed by atoms with E-state index in [1.165, 1.54) is 6.07 Å². The van der Waals surface area contributed by atoms with Gasteiger partial charge in [0.15, 0.2) is 0 Å². The summed E-state index contributed by atoms with van der Waals surface area (Å²) in [5.74, 6) is 0.243. The Morgan fingerprint density at radius 1 is 1.28 bits per heavy atom. The van der Waals surface area contributed by atoms with Crippen LogP contribution in [-0.4, -0.2) is 24.3 Å². The van der Waals surface area contributed by atoms with Crippen LogP contribution in [0.1, 0.15) is 30.0 Å². The van der Waals surface area contributed by atoms with Gasteiger partial charge in [-0.05, 0) is 41.6 Å². The van der Waals surface area contributed by atoms with Crippen molar-refractivity contribution in [3.8, 4) is 17.0 Å². The van der Waals surface area contributed by atoms with Gasteiger partial charge in [0.1, 0.15) is 11.9 Å². The molecule has 7 heteroatoms. The highest BCUT2D eigenvalue weighted by atomic mass is 19.1. The Hall–Kier alpha value is -2.63. The summed E-state index contributed by atoms with van der Waals surface area (Å²) in [6, 6.07) is 6.50. The van der Waals surface area contributed by atoms with Crippen LogP contribution >= 0.6 is 0 Å². The Bertz CT molecular complexity index is 828. The summed E-state index contributed by atoms with van der Waals surface area (Å²) in [6.07, 6.45) is 3.97. The average Bonchev–Trinajstić information content (AvgIpc) is 3.27. The molecule has 2 heterocycles. The lowest BCUT2D eigenvalue weighted by Gasteiger charge is -2.13. The van der Waals surface area contributed by atoms with Crippen molar-refractivity contribution in [2.45, 2.75) is 31.4 Å². The second-order valence-electron chi connectivity index (χ2n) is 6.24. The Kier molecular flexibility index (Phi) is 4.26. The number of azide groups is 1. The number of halogens is 1. The summed E-state index contributed by atoms with van der Waals surface area (Å²) in [5, 5.41) is 3.73. The number of rotatable bonds is 4. The van der Waals surface area contributed by atoms with Gasteiger partial charge in [-0.3, -0.25) is 0 Å². The third-order valence-corrected chi connectivity index (χ3v) is 4.72. The summed E-state index contributed by atoms with van der Waals surface area (Å²) in [6.45, 7) is 1.31. The van der Waals surface area contributed by atoms with Crippen molar-refractivity contribution in [1.82, 2.24) is 4.98 Å². The molecule has 1 fully saturated rings. The van der Waals surface area contributed by atoms with Gasteiger partial charge in [-0.2, -0.15) is 0 Å². The zero-order valence-corrected chi connectivity index (χ0v) is 13.6. The van der Waals surface area contributed by atoms with Crippen LogP contribution in [0, 0.1) is 5.82 Å². The molecule has 0 amide bonds. The molecule has 2 unspecified atom stereocenters. The van der Waals surface area contributed by atoms with Crippen molar-refractivity contribution in [2.75, 3.05) is 13.2 Å². The standard InChI is InChI=1S/C18H17FN4O2/c19-15-4-2-13(14-3-5-16(18(14)15)22-23-20)11-1-6-17(21-9-11)25-12-7-8-24-10-12/h1-2,4,6,9,12,16H,3,5,7-8,10H2. The first-order valence-corrected chi connectivity index (χ1v) is 8.32. The van der Waals surface area contributed by atoms with Crippen molar-refractivity contribution in [3.05, 3.63) is 57.8 Å². The van der Waals surface area contributed by atoms with E-state index in [1.807, 2.05) is 12.1 Å². The van der Waals surface area contributed by atoms with Crippen LogP contribution in [0.4, 0.5) is 4.39 Å². The summed E-state index contributed by atoms with van der Waals surface area (Å²) >= 11 is 0. The van der Waals surface area contributed by atoms with E-state index >= 15 is 0 Å². The van der Waals surface area contributed by atoms with Crippen LogP contribution in [0.3, 0.4) is 0 Å². The average molecular weight is 340 g/mol. The number of hydrogen-bond donors (Lipinski definition) is 0. The maximum atomic E-state index is 14.2. The normalized spacial score (nSPS) is 21.6. The lowest BCUT2D eigenvalue weighted by Crippen LogP contribution is -2.16. The van der Waals surface area contributed by atoms with Crippen molar-refractivity contribution < 1.29 is 13.9 Å². The molecule has 4 rings (SSSR count). The second kappa shape index (κ2) is 6.70. The fourth-order valence-corrected chi connectivity index (χ4v) is 3.53. The van der Waals surface area contributed by atoms with E-state index < -0.39 is 6.04 Å². The van der Waals surface area contributed by atoms with Crippen molar-refractivity contribution in [3.63, 3.8) is 0 Å². The van der Waals surface area contributed by atoms with E-state index in [9.17, 15) is 4.39 Å². The van der Waals surface area contributed by atoms with Crippen LogP contribution < -0.4 is 4.74 Å². The summed E-state index contributed by atoms with van der Waals surface area (Å²) in [5.41, 5.74) is 11.9. The van der Waals surface area contributed by atoms with Gasteiger partial charge in [0.2, 0.25) is 5.88 Å². The molecule has 0 spiro atoms. The fourth-order valence-electron chi connectivity index (χ4n) is 3.53. The monoisotopic (exact) mass is 340 g/mol. The second-order valence-corrected chi connectivity index (χ2v) is 6.24. The zero-order chi connectivity index (χ0) is 17.2. The maximum Gasteiger partial charge on any atom is 0.213 e. The smallest absolute Gasteiger partial charge is 0.213 e. The molecule has 1 aromatic carbocycles. The van der Waals surface area contributed by atoms with Crippen LogP contribution in [0.2, 0.25) is 0 Å². The molecule has 25 heavy (non-hydrogen) atoms. The Morgan fingerprint density at radius 2 is 2.20 bits per heavy atom. The summed E-state index contributed by atoms with van der Waals surface area (Å²) < 4.78 is 25.3. The van der Waals surface area contributed by atoms with E-state index in [0.717, 1.165) is 29.7 Å². The SMILES string of the molecule is [N-]=[N+]=NC1CCc2c(-c3ccc(OC4CCOC4)nc3)ccc(F)c21. The van der Waals surface area contributed by atoms with Crippen molar-refractivity contribution in [2.24, 2.45) is 5.11 Å². The highest BCUT2D eigenvalue weighted by Gasteiger charge is 2.28. The van der Waals surface area contributed by atoms with E-state index in [4.69, 9.17) is 15.0 Å². The van der Waals surface area contributed by atoms with Crippen LogP contribution in [-0.2, 0) is 11.2 Å². The van der Waals surface area contributed by atoms with Gasteiger partial charge in [0.05, 0.1) is 19.3 Å². The molecule has 1 aliphatic carbocycles. The van der Waals surface area contributed by atoms with E-state index in [1.54, 1.807) is 12.3 Å². The van der Waals surface area contributed by atoms with Crippen LogP contribution in [0.15, 0.2) is 35.6 Å². The lowest BCUT2D eigenvalue weighted by molar-refractivity contribution is 0.138. The van der Waals surface area contributed by atoms with E-state index in [-0.39, 0.29) is 11.9 Å². The Balaban J connectivity index is 1.63. The number of hydrogen-bond acceptors (Lipinski definition) is 4. The Morgan fingerprint density at radius 3 is 2.92 bits per heavy atom. The van der Waals surface area contributed by atoms with Gasteiger partial charge in [0.25, 0.3) is 0 Å². The number of aromatic nitrogens is 1. The molecule has 0 N–H and O–H groups in total. The quantitative estimate of drug-likeness (QED) is 0.471. The number of ether oxygens (including phenoxy) is 2. The summed E-state index contributed by atoms with van der Waals surface area (Å²) in [4.78, 5) is 7.21. The lowest BCUT2D eigenvalue weighted by atomic mass is 9.97. The minimum absolute atomic E-state index is 0.0537. The molecule has 1 aromatic heterocycles. The van der Waals surface area contributed by atoms with Gasteiger partial charge >= 0.3 is 0 Å². The first kappa shape index (κ1) is 15.9. The number of nitrogens with zero attached hydrogens (tertiary/aromatic N) is 4. The topological polar surface area (TPSA) is 80.1 Å². The molecule has 0 saturated carbocycles. The number of fused-ring (bicyclic) bond motifs is 1. The molecular weight excluding hydrogens is 323 g/mol. The van der Waals surface area contributed by atoms with Crippen LogP contribution in [0.5, 0.6) is 5.88 Å². The fraction of sp³-hybridized carbons (Fsp3) is 0.389. The van der Waals surface area contributed by atoms with Crippen molar-refractivity contribution >= 4 is 0 Å². The molecule has 1 aliphatic heterocycles. The number of benzene rings is 1. The van der Waals surface area contributed by atoms with Crippen LogP contribution in [0.25, 0.3) is 21.6 Å². The largest absolute Gasteiger partial charge is 0.472 e.